The summed E-state index contributed by atoms with van der Waals surface area (Å²) in [4.78, 5) is 23.6. The van der Waals surface area contributed by atoms with Gasteiger partial charge in [-0.05, 0) is 56.7 Å². The van der Waals surface area contributed by atoms with Crippen molar-refractivity contribution in [2.45, 2.75) is 26.9 Å². The third-order valence-electron chi connectivity index (χ3n) is 3.35. The molecule has 0 spiro atoms. The second-order valence-corrected chi connectivity index (χ2v) is 5.70. The van der Waals surface area contributed by atoms with Crippen LogP contribution in [-0.4, -0.2) is 17.8 Å². The number of benzene rings is 2. The van der Waals surface area contributed by atoms with Crippen molar-refractivity contribution in [3.05, 3.63) is 58.6 Å². The lowest BCUT2D eigenvalue weighted by Crippen LogP contribution is -2.30. The molecule has 4 nitrogen and oxygen atoms in total. The van der Waals surface area contributed by atoms with Crippen LogP contribution in [0.5, 0.6) is 5.75 Å². The van der Waals surface area contributed by atoms with E-state index in [2.05, 4.69) is 5.32 Å². The summed E-state index contributed by atoms with van der Waals surface area (Å²) in [7, 11) is 0. The van der Waals surface area contributed by atoms with Gasteiger partial charge >= 0.3 is 0 Å². The van der Waals surface area contributed by atoms with Crippen LogP contribution in [0.1, 0.15) is 29.8 Å². The average Bonchev–Trinajstić information content (AvgIpc) is 2.51. The number of halogens is 1. The SMILES string of the molecule is CC(=O)c1cccc(NC(=O)[C@H](C)Oc2ccc(Cl)c(C)c2)c1. The lowest BCUT2D eigenvalue weighted by molar-refractivity contribution is -0.122. The molecule has 1 atom stereocenters. The van der Waals surface area contributed by atoms with Gasteiger partial charge in [0.25, 0.3) is 5.91 Å². The predicted molar refractivity (Wildman–Crippen MR) is 91.4 cm³/mol. The van der Waals surface area contributed by atoms with Crippen LogP contribution in [0.2, 0.25) is 5.02 Å². The first-order valence-electron chi connectivity index (χ1n) is 7.21. The molecule has 0 unspecified atom stereocenters. The number of hydrogen-bond donors (Lipinski definition) is 1. The molecular formula is C18H18ClNO3. The molecule has 0 radical (unpaired) electrons. The molecule has 1 amide bonds. The van der Waals surface area contributed by atoms with Gasteiger partial charge in [-0.25, -0.2) is 0 Å². The molecule has 0 aromatic heterocycles. The average molecular weight is 332 g/mol. The Morgan fingerprint density at radius 2 is 1.91 bits per heavy atom. The molecule has 120 valence electrons. The van der Waals surface area contributed by atoms with E-state index in [4.69, 9.17) is 16.3 Å². The van der Waals surface area contributed by atoms with Gasteiger partial charge in [-0.15, -0.1) is 0 Å². The van der Waals surface area contributed by atoms with Gasteiger partial charge in [0, 0.05) is 16.3 Å². The van der Waals surface area contributed by atoms with Gasteiger partial charge in [0.2, 0.25) is 0 Å². The predicted octanol–water partition coefficient (Wildman–Crippen LogP) is 4.26. The Hall–Kier alpha value is -2.33. The first kappa shape index (κ1) is 17.0. The van der Waals surface area contributed by atoms with Gasteiger partial charge in [-0.3, -0.25) is 9.59 Å². The van der Waals surface area contributed by atoms with Crippen molar-refractivity contribution >= 4 is 29.0 Å². The van der Waals surface area contributed by atoms with Crippen molar-refractivity contribution in [2.24, 2.45) is 0 Å². The van der Waals surface area contributed by atoms with Gasteiger partial charge in [-0.1, -0.05) is 23.7 Å². The van der Waals surface area contributed by atoms with Crippen molar-refractivity contribution in [2.75, 3.05) is 5.32 Å². The van der Waals surface area contributed by atoms with E-state index in [9.17, 15) is 9.59 Å². The highest BCUT2D eigenvalue weighted by molar-refractivity contribution is 6.31. The van der Waals surface area contributed by atoms with Crippen LogP contribution in [0.4, 0.5) is 5.69 Å². The van der Waals surface area contributed by atoms with Crippen molar-refractivity contribution < 1.29 is 14.3 Å². The van der Waals surface area contributed by atoms with E-state index in [0.29, 0.717) is 22.0 Å². The number of carbonyl (C=O) groups excluding carboxylic acids is 2. The highest BCUT2D eigenvalue weighted by Gasteiger charge is 2.15. The lowest BCUT2D eigenvalue weighted by Gasteiger charge is -2.15. The van der Waals surface area contributed by atoms with Gasteiger partial charge in [0.1, 0.15) is 5.75 Å². The molecular weight excluding hydrogens is 314 g/mol. The first-order chi connectivity index (χ1) is 10.9. The molecule has 2 rings (SSSR count). The molecule has 5 heteroatoms. The molecule has 23 heavy (non-hydrogen) atoms. The zero-order valence-electron chi connectivity index (χ0n) is 13.2. The molecule has 0 bridgehead atoms. The number of Topliss-reactive ketones (excluding diaryl/α,β-unsaturated/α-hetero) is 1. The maximum Gasteiger partial charge on any atom is 0.265 e. The van der Waals surface area contributed by atoms with Gasteiger partial charge < -0.3 is 10.1 Å². The summed E-state index contributed by atoms with van der Waals surface area (Å²) in [6, 6.07) is 12.0. The molecule has 0 aliphatic carbocycles. The van der Waals surface area contributed by atoms with Crippen molar-refractivity contribution in [1.29, 1.82) is 0 Å². The monoisotopic (exact) mass is 331 g/mol. The van der Waals surface area contributed by atoms with Crippen molar-refractivity contribution in [3.63, 3.8) is 0 Å². The Bertz CT molecular complexity index is 743. The van der Waals surface area contributed by atoms with Gasteiger partial charge in [-0.2, -0.15) is 0 Å². The summed E-state index contributed by atoms with van der Waals surface area (Å²) >= 11 is 5.97. The van der Waals surface area contributed by atoms with Crippen LogP contribution in [0.3, 0.4) is 0 Å². The van der Waals surface area contributed by atoms with E-state index in [0.717, 1.165) is 5.56 Å². The number of carbonyl (C=O) groups is 2. The zero-order valence-corrected chi connectivity index (χ0v) is 14.0. The summed E-state index contributed by atoms with van der Waals surface area (Å²) < 4.78 is 5.62. The number of ketones is 1. The fraction of sp³-hybridized carbons (Fsp3) is 0.222. The summed E-state index contributed by atoms with van der Waals surface area (Å²) in [5.74, 6) is 0.229. The molecule has 0 saturated carbocycles. The summed E-state index contributed by atoms with van der Waals surface area (Å²) in [6.45, 7) is 5.01. The standard InChI is InChI=1S/C18H18ClNO3/c1-11-9-16(7-8-17(11)19)23-13(3)18(22)20-15-6-4-5-14(10-15)12(2)21/h4-10,13H,1-3H3,(H,20,22)/t13-/m0/s1. The van der Waals surface area contributed by atoms with E-state index in [1.807, 2.05) is 6.92 Å². The maximum atomic E-state index is 12.2. The smallest absolute Gasteiger partial charge is 0.265 e. The second-order valence-electron chi connectivity index (χ2n) is 5.30. The van der Waals surface area contributed by atoms with E-state index in [1.54, 1.807) is 49.4 Å². The van der Waals surface area contributed by atoms with Crippen LogP contribution in [0.15, 0.2) is 42.5 Å². The molecule has 0 aliphatic heterocycles. The number of rotatable bonds is 5. The number of amides is 1. The minimum atomic E-state index is -0.684. The molecule has 0 heterocycles. The minimum absolute atomic E-state index is 0.0537. The maximum absolute atomic E-state index is 12.2. The Balaban J connectivity index is 2.03. The molecule has 0 saturated heterocycles. The highest BCUT2D eigenvalue weighted by atomic mass is 35.5. The van der Waals surface area contributed by atoms with Crippen LogP contribution in [0.25, 0.3) is 0 Å². The first-order valence-corrected chi connectivity index (χ1v) is 7.59. The summed E-state index contributed by atoms with van der Waals surface area (Å²) in [5, 5.41) is 3.39. The fourth-order valence-corrected chi connectivity index (χ4v) is 2.13. The van der Waals surface area contributed by atoms with Crippen LogP contribution in [0, 0.1) is 6.92 Å². The second kappa shape index (κ2) is 7.29. The van der Waals surface area contributed by atoms with E-state index in [-0.39, 0.29) is 11.7 Å². The number of hydrogen-bond acceptors (Lipinski definition) is 3. The van der Waals surface area contributed by atoms with Gasteiger partial charge in [0.15, 0.2) is 11.9 Å². The number of ether oxygens (including phenoxy) is 1. The van der Waals surface area contributed by atoms with Crippen molar-refractivity contribution in [1.82, 2.24) is 0 Å². The Morgan fingerprint density at radius 3 is 2.57 bits per heavy atom. The van der Waals surface area contributed by atoms with Crippen molar-refractivity contribution in [3.8, 4) is 5.75 Å². The van der Waals surface area contributed by atoms with E-state index >= 15 is 0 Å². The normalized spacial score (nSPS) is 11.7. The van der Waals surface area contributed by atoms with E-state index in [1.165, 1.54) is 6.92 Å². The van der Waals surface area contributed by atoms with Gasteiger partial charge in [0.05, 0.1) is 0 Å². The molecule has 2 aromatic rings. The Kier molecular flexibility index (Phi) is 5.40. The summed E-state index contributed by atoms with van der Waals surface area (Å²) in [5.41, 5.74) is 1.99. The highest BCUT2D eigenvalue weighted by Crippen LogP contribution is 2.22. The number of anilines is 1. The van der Waals surface area contributed by atoms with Crippen LogP contribution in [-0.2, 0) is 4.79 Å². The van der Waals surface area contributed by atoms with E-state index < -0.39 is 6.10 Å². The zero-order chi connectivity index (χ0) is 17.0. The fourth-order valence-electron chi connectivity index (χ4n) is 2.01. The Morgan fingerprint density at radius 1 is 1.17 bits per heavy atom. The quantitative estimate of drug-likeness (QED) is 0.833. The van der Waals surface area contributed by atoms with Crippen LogP contribution >= 0.6 is 11.6 Å². The Labute approximate surface area is 140 Å². The molecule has 0 aliphatic rings. The van der Waals surface area contributed by atoms with Crippen LogP contribution < -0.4 is 10.1 Å². The lowest BCUT2D eigenvalue weighted by atomic mass is 10.1. The number of aryl methyl sites for hydroxylation is 1. The third-order valence-corrected chi connectivity index (χ3v) is 3.77. The topological polar surface area (TPSA) is 55.4 Å². The largest absolute Gasteiger partial charge is 0.481 e. The number of nitrogens with one attached hydrogen (secondary N) is 1. The molecule has 1 N–H and O–H groups in total. The molecule has 2 aromatic carbocycles. The molecule has 0 fully saturated rings. The summed E-state index contributed by atoms with van der Waals surface area (Å²) in [6.07, 6.45) is -0.684. The third kappa shape index (κ3) is 4.57. The minimum Gasteiger partial charge on any atom is -0.481 e.